The van der Waals surface area contributed by atoms with Crippen molar-refractivity contribution in [2.75, 3.05) is 18.8 Å². The van der Waals surface area contributed by atoms with Crippen LogP contribution in [0.4, 0.5) is 18.9 Å². The van der Waals surface area contributed by atoms with Gasteiger partial charge in [-0.2, -0.15) is 25.5 Å². The summed E-state index contributed by atoms with van der Waals surface area (Å²) in [4.78, 5) is 0. The zero-order valence-electron chi connectivity index (χ0n) is 15.9. The van der Waals surface area contributed by atoms with Crippen LogP contribution < -0.4 is 14.4 Å². The molecule has 0 spiro atoms. The number of ether oxygens (including phenoxy) is 1. The summed E-state index contributed by atoms with van der Waals surface area (Å²) >= 11 is 12.2. The molecule has 1 heterocycles. The molecule has 11 heteroatoms. The van der Waals surface area contributed by atoms with Crippen molar-refractivity contribution < 1.29 is 26.3 Å². The Bertz CT molecular complexity index is 1110. The van der Waals surface area contributed by atoms with E-state index in [1.807, 2.05) is 0 Å². The molecule has 0 aromatic heterocycles. The maximum absolute atomic E-state index is 13.0. The van der Waals surface area contributed by atoms with Crippen LogP contribution in [0.1, 0.15) is 0 Å². The molecule has 1 aliphatic heterocycles. The monoisotopic (exact) mass is 493 g/mol. The first-order valence-electron chi connectivity index (χ1n) is 8.96. The zero-order chi connectivity index (χ0) is 22.9. The lowest BCUT2D eigenvalue weighted by Gasteiger charge is -2.34. The van der Waals surface area contributed by atoms with E-state index in [4.69, 9.17) is 33.7 Å². The van der Waals surface area contributed by atoms with Gasteiger partial charge in [0, 0.05) is 18.7 Å². The second kappa shape index (κ2) is 8.84. The molecule has 0 aliphatic carbocycles. The molecule has 1 aliphatic rings. The molecule has 1 atom stereocenters. The molecule has 0 saturated carbocycles. The third-order valence-corrected chi connectivity index (χ3v) is 7.41. The van der Waals surface area contributed by atoms with Crippen molar-refractivity contribution in [1.82, 2.24) is 3.89 Å². The van der Waals surface area contributed by atoms with Gasteiger partial charge in [-0.15, -0.1) is 0 Å². The van der Waals surface area contributed by atoms with E-state index in [0.717, 1.165) is 0 Å². The Morgan fingerprint density at radius 2 is 1.68 bits per heavy atom. The Labute approximate surface area is 187 Å². The largest absolute Gasteiger partial charge is 0.454 e. The Morgan fingerprint density at radius 1 is 1.06 bits per heavy atom. The number of hydrogen-bond donors (Lipinski definition) is 1. The van der Waals surface area contributed by atoms with Gasteiger partial charge in [-0.05, 0) is 42.0 Å². The standard InChI is InChI=1S/C20H18Cl2F3N2O3S/c21-17-2-1-3-18(22)19(17)30-16-6-4-15(5-7-16)27(10-8-14(12-26)9-11-27)31(28,29)13-20(23,24)25/h1-10H,11-13,26H2/q+1. The van der Waals surface area contributed by atoms with E-state index in [-0.39, 0.29) is 40.3 Å². The molecule has 0 saturated heterocycles. The average molecular weight is 494 g/mol. The zero-order valence-corrected chi connectivity index (χ0v) is 18.3. The number of hydrogen-bond acceptors (Lipinski definition) is 4. The summed E-state index contributed by atoms with van der Waals surface area (Å²) in [6, 6.07) is 10.5. The first-order valence-corrected chi connectivity index (χ1v) is 11.3. The molecular formula is C20H18Cl2F3N2O3S+. The highest BCUT2D eigenvalue weighted by atomic mass is 35.5. The van der Waals surface area contributed by atoms with Crippen molar-refractivity contribution in [3.05, 3.63) is 76.4 Å². The molecule has 0 radical (unpaired) electrons. The number of nitrogens with two attached hydrogens (primary N) is 1. The molecule has 2 N–H and O–H groups in total. The summed E-state index contributed by atoms with van der Waals surface area (Å²) in [6.45, 7) is -0.0841. The fraction of sp³-hybridized carbons (Fsp3) is 0.200. The number of sulfonamides is 1. The van der Waals surface area contributed by atoms with Crippen LogP contribution in [0, 0.1) is 0 Å². The van der Waals surface area contributed by atoms with Gasteiger partial charge in [0.25, 0.3) is 0 Å². The van der Waals surface area contributed by atoms with Crippen LogP contribution in [-0.2, 0) is 10.0 Å². The van der Waals surface area contributed by atoms with Gasteiger partial charge in [0.2, 0.25) is 0 Å². The van der Waals surface area contributed by atoms with E-state index in [0.29, 0.717) is 5.57 Å². The van der Waals surface area contributed by atoms with Crippen LogP contribution in [-0.4, -0.2) is 33.4 Å². The lowest BCUT2D eigenvalue weighted by molar-refractivity contribution is -0.106. The topological polar surface area (TPSA) is 69.4 Å². The highest BCUT2D eigenvalue weighted by molar-refractivity contribution is 7.91. The third kappa shape index (κ3) is 5.07. The van der Waals surface area contributed by atoms with E-state index < -0.39 is 25.8 Å². The highest BCUT2D eigenvalue weighted by Crippen LogP contribution is 2.39. The van der Waals surface area contributed by atoms with Gasteiger partial charge in [0.05, 0.1) is 10.0 Å². The van der Waals surface area contributed by atoms with E-state index in [2.05, 4.69) is 0 Å². The number of halogens is 5. The molecule has 0 amide bonds. The fourth-order valence-electron chi connectivity index (χ4n) is 3.09. The number of quaternary nitrogens is 1. The third-order valence-electron chi connectivity index (χ3n) is 4.64. The molecule has 2 aromatic carbocycles. The Hall–Kier alpha value is -2.04. The molecule has 3 rings (SSSR count). The highest BCUT2D eigenvalue weighted by Gasteiger charge is 2.49. The van der Waals surface area contributed by atoms with E-state index in [9.17, 15) is 21.6 Å². The van der Waals surface area contributed by atoms with Gasteiger partial charge in [0.15, 0.2) is 17.2 Å². The Balaban J connectivity index is 1.99. The lowest BCUT2D eigenvalue weighted by Crippen LogP contribution is -2.53. The molecule has 0 fully saturated rings. The van der Waals surface area contributed by atoms with Gasteiger partial charge in [0.1, 0.15) is 18.5 Å². The van der Waals surface area contributed by atoms with Crippen molar-refractivity contribution in [3.63, 3.8) is 0 Å². The minimum absolute atomic E-state index is 0.116. The number of benzene rings is 2. The Morgan fingerprint density at radius 3 is 2.16 bits per heavy atom. The summed E-state index contributed by atoms with van der Waals surface area (Å²) in [6.07, 6.45) is -0.739. The molecule has 5 nitrogen and oxygen atoms in total. The number of para-hydroxylation sites is 1. The van der Waals surface area contributed by atoms with Crippen LogP contribution in [0.2, 0.25) is 10.0 Å². The summed E-state index contributed by atoms with van der Waals surface area (Å²) < 4.78 is 69.4. The molecule has 0 bridgehead atoms. The maximum Gasteiger partial charge on any atom is 0.408 e. The normalized spacial score (nSPS) is 19.2. The van der Waals surface area contributed by atoms with Gasteiger partial charge in [-0.3, -0.25) is 0 Å². The van der Waals surface area contributed by atoms with Crippen LogP contribution in [0.25, 0.3) is 0 Å². The van der Waals surface area contributed by atoms with E-state index in [1.54, 1.807) is 18.2 Å². The van der Waals surface area contributed by atoms with E-state index >= 15 is 0 Å². The molecular weight excluding hydrogens is 476 g/mol. The van der Waals surface area contributed by atoms with Crippen molar-refractivity contribution in [3.8, 4) is 11.5 Å². The summed E-state index contributed by atoms with van der Waals surface area (Å²) in [5, 5.41) is 0.539. The van der Waals surface area contributed by atoms with Gasteiger partial charge >= 0.3 is 16.2 Å². The minimum atomic E-state index is -4.89. The van der Waals surface area contributed by atoms with Crippen molar-refractivity contribution in [2.24, 2.45) is 5.73 Å². The predicted molar refractivity (Wildman–Crippen MR) is 116 cm³/mol. The number of nitrogens with zero attached hydrogens (tertiary/aromatic N) is 1. The first kappa shape index (κ1) is 23.6. The maximum atomic E-state index is 13.0. The fourth-order valence-corrected chi connectivity index (χ4v) is 5.20. The molecule has 1 unspecified atom stereocenters. The number of alkyl halides is 3. The van der Waals surface area contributed by atoms with Crippen molar-refractivity contribution >= 4 is 38.9 Å². The van der Waals surface area contributed by atoms with Crippen LogP contribution in [0.5, 0.6) is 11.5 Å². The second-order valence-electron chi connectivity index (χ2n) is 6.77. The second-order valence-corrected chi connectivity index (χ2v) is 9.68. The summed E-state index contributed by atoms with van der Waals surface area (Å²) in [7, 11) is -4.72. The van der Waals surface area contributed by atoms with Crippen LogP contribution >= 0.6 is 23.2 Å². The SMILES string of the molecule is NCC1=CC[N+](c2ccc(Oc3c(Cl)cccc3Cl)cc2)(S(=O)(=O)CC(F)(F)F)C=C1. The molecule has 166 valence electrons. The van der Waals surface area contributed by atoms with Crippen LogP contribution in [0.3, 0.4) is 0 Å². The van der Waals surface area contributed by atoms with Gasteiger partial charge < -0.3 is 10.5 Å². The lowest BCUT2D eigenvalue weighted by atomic mass is 10.1. The molecule has 31 heavy (non-hydrogen) atoms. The molecule has 2 aromatic rings. The van der Waals surface area contributed by atoms with E-state index in [1.165, 1.54) is 42.6 Å². The van der Waals surface area contributed by atoms with Crippen LogP contribution in [0.15, 0.2) is 66.4 Å². The number of rotatable bonds is 6. The Kier molecular flexibility index (Phi) is 6.73. The van der Waals surface area contributed by atoms with Gasteiger partial charge in [-0.1, -0.05) is 29.3 Å². The predicted octanol–water partition coefficient (Wildman–Crippen LogP) is 5.40. The first-order chi connectivity index (χ1) is 14.5. The minimum Gasteiger partial charge on any atom is -0.454 e. The van der Waals surface area contributed by atoms with Gasteiger partial charge in [-0.25, -0.2) is 0 Å². The smallest absolute Gasteiger partial charge is 0.408 e. The quantitative estimate of drug-likeness (QED) is 0.547. The van der Waals surface area contributed by atoms with Crippen molar-refractivity contribution in [2.45, 2.75) is 6.18 Å². The average Bonchev–Trinajstić information content (AvgIpc) is 2.69. The van der Waals surface area contributed by atoms with Crippen molar-refractivity contribution in [1.29, 1.82) is 0 Å². The summed E-state index contributed by atoms with van der Waals surface area (Å²) in [5.41, 5.74) is 6.31. The summed E-state index contributed by atoms with van der Waals surface area (Å²) in [5.74, 6) is -1.48.